The molecule has 0 spiro atoms. The third kappa shape index (κ3) is 1.38. The van der Waals surface area contributed by atoms with Crippen molar-refractivity contribution in [2.75, 3.05) is 7.05 Å². The maximum Gasteiger partial charge on any atom is 0.212 e. The van der Waals surface area contributed by atoms with Gasteiger partial charge in [0.15, 0.2) is 0 Å². The fourth-order valence-electron chi connectivity index (χ4n) is 1.90. The summed E-state index contributed by atoms with van der Waals surface area (Å²) in [5.41, 5.74) is 3.08. The summed E-state index contributed by atoms with van der Waals surface area (Å²) in [6.07, 6.45) is 2.04. The Morgan fingerprint density at radius 1 is 1.50 bits per heavy atom. The summed E-state index contributed by atoms with van der Waals surface area (Å²) >= 11 is 5.98. The number of benzene rings is 1. The minimum Gasteiger partial charge on any atom is -0.326 e. The second-order valence-corrected chi connectivity index (χ2v) is 4.18. The quantitative estimate of drug-likeness (QED) is 0.714. The molecule has 5 heteroatoms. The Morgan fingerprint density at radius 3 is 3.19 bits per heavy atom. The standard InChI is InChI=1S/C11H11ClN4/c1-13-5-8-6-16-10-4-7(12)2-3-9(10)15-11(16)14-8/h2-4,6,13H,5H2,1H3,(H,14,15). The third-order valence-corrected chi connectivity index (χ3v) is 2.81. The van der Waals surface area contributed by atoms with Crippen molar-refractivity contribution in [2.24, 2.45) is 0 Å². The highest BCUT2D eigenvalue weighted by molar-refractivity contribution is 6.31. The molecule has 82 valence electrons. The lowest BCUT2D eigenvalue weighted by atomic mass is 10.3. The minimum atomic E-state index is 0.727. The van der Waals surface area contributed by atoms with Gasteiger partial charge in [0.25, 0.3) is 0 Å². The van der Waals surface area contributed by atoms with E-state index in [1.54, 1.807) is 0 Å². The van der Waals surface area contributed by atoms with Crippen molar-refractivity contribution in [3.63, 3.8) is 0 Å². The van der Waals surface area contributed by atoms with Crippen LogP contribution in [0, 0.1) is 0 Å². The molecular formula is C11H11ClN4. The second-order valence-electron chi connectivity index (χ2n) is 3.75. The zero-order valence-corrected chi connectivity index (χ0v) is 9.54. The number of hydrogen-bond acceptors (Lipinski definition) is 2. The number of hydrogen-bond donors (Lipinski definition) is 2. The lowest BCUT2D eigenvalue weighted by Crippen LogP contribution is -2.04. The summed E-state index contributed by atoms with van der Waals surface area (Å²) in [4.78, 5) is 7.73. The molecule has 0 aliphatic heterocycles. The molecule has 0 fully saturated rings. The van der Waals surface area contributed by atoms with E-state index in [0.29, 0.717) is 0 Å². The van der Waals surface area contributed by atoms with Gasteiger partial charge in [-0.2, -0.15) is 0 Å². The van der Waals surface area contributed by atoms with Crippen molar-refractivity contribution in [2.45, 2.75) is 6.54 Å². The first-order valence-corrected chi connectivity index (χ1v) is 5.45. The van der Waals surface area contributed by atoms with Crippen LogP contribution < -0.4 is 5.32 Å². The zero-order valence-electron chi connectivity index (χ0n) is 8.79. The van der Waals surface area contributed by atoms with Crippen molar-refractivity contribution in [3.05, 3.63) is 35.1 Å². The summed E-state index contributed by atoms with van der Waals surface area (Å²) in [6, 6.07) is 5.70. The van der Waals surface area contributed by atoms with Gasteiger partial charge in [0.2, 0.25) is 5.78 Å². The molecular weight excluding hydrogens is 224 g/mol. The van der Waals surface area contributed by atoms with E-state index in [1.807, 2.05) is 35.8 Å². The number of nitrogens with one attached hydrogen (secondary N) is 2. The summed E-state index contributed by atoms with van der Waals surface area (Å²) in [7, 11) is 1.92. The van der Waals surface area contributed by atoms with E-state index in [2.05, 4.69) is 15.3 Å². The molecule has 0 atom stereocenters. The van der Waals surface area contributed by atoms with Crippen LogP contribution in [0.2, 0.25) is 5.02 Å². The van der Waals surface area contributed by atoms with Crippen LogP contribution in [0.3, 0.4) is 0 Å². The number of halogens is 1. The maximum absolute atomic E-state index is 5.98. The molecule has 2 heterocycles. The highest BCUT2D eigenvalue weighted by Gasteiger charge is 2.07. The Kier molecular flexibility index (Phi) is 2.12. The van der Waals surface area contributed by atoms with Crippen LogP contribution in [0.4, 0.5) is 0 Å². The topological polar surface area (TPSA) is 45.1 Å². The highest BCUT2D eigenvalue weighted by atomic mass is 35.5. The zero-order chi connectivity index (χ0) is 11.1. The maximum atomic E-state index is 5.98. The van der Waals surface area contributed by atoms with E-state index in [4.69, 9.17) is 11.6 Å². The van der Waals surface area contributed by atoms with Crippen LogP contribution in [-0.4, -0.2) is 21.4 Å². The van der Waals surface area contributed by atoms with Crippen molar-refractivity contribution in [1.82, 2.24) is 19.7 Å². The summed E-state index contributed by atoms with van der Waals surface area (Å²) in [6.45, 7) is 0.797. The van der Waals surface area contributed by atoms with E-state index in [9.17, 15) is 0 Å². The number of H-pyrrole nitrogens is 1. The Labute approximate surface area is 97.2 Å². The molecule has 1 aromatic carbocycles. The van der Waals surface area contributed by atoms with Crippen LogP contribution in [-0.2, 0) is 6.54 Å². The fraction of sp³-hybridized carbons (Fsp3) is 0.182. The monoisotopic (exact) mass is 234 g/mol. The second kappa shape index (κ2) is 3.50. The number of aromatic amines is 1. The molecule has 2 aromatic heterocycles. The molecule has 4 nitrogen and oxygen atoms in total. The van der Waals surface area contributed by atoms with Crippen LogP contribution >= 0.6 is 11.6 Å². The first-order chi connectivity index (χ1) is 7.78. The van der Waals surface area contributed by atoms with Gasteiger partial charge >= 0.3 is 0 Å². The number of rotatable bonds is 2. The van der Waals surface area contributed by atoms with E-state index < -0.39 is 0 Å². The number of fused-ring (bicyclic) bond motifs is 3. The number of aromatic nitrogens is 3. The predicted octanol–water partition coefficient (Wildman–Crippen LogP) is 2.19. The molecule has 16 heavy (non-hydrogen) atoms. The number of nitrogens with zero attached hydrogens (tertiary/aromatic N) is 2. The molecule has 3 rings (SSSR count). The van der Waals surface area contributed by atoms with Gasteiger partial charge in [-0.25, -0.2) is 4.98 Å². The van der Waals surface area contributed by atoms with Gasteiger partial charge in [-0.05, 0) is 25.2 Å². The van der Waals surface area contributed by atoms with Crippen LogP contribution in [0.5, 0.6) is 0 Å². The Bertz CT molecular complexity index is 652. The van der Waals surface area contributed by atoms with E-state index in [1.165, 1.54) is 0 Å². The third-order valence-electron chi connectivity index (χ3n) is 2.58. The van der Waals surface area contributed by atoms with Gasteiger partial charge < -0.3 is 10.3 Å². The van der Waals surface area contributed by atoms with Gasteiger partial charge in [-0.3, -0.25) is 4.40 Å². The van der Waals surface area contributed by atoms with Crippen molar-refractivity contribution in [1.29, 1.82) is 0 Å². The molecule has 3 aromatic rings. The average molecular weight is 235 g/mol. The highest BCUT2D eigenvalue weighted by Crippen LogP contribution is 2.20. The van der Waals surface area contributed by atoms with E-state index in [-0.39, 0.29) is 0 Å². The SMILES string of the molecule is CNCc1cn2c(nc3ccc(Cl)cc32)[nH]1. The molecule has 0 saturated heterocycles. The largest absolute Gasteiger partial charge is 0.326 e. The van der Waals surface area contributed by atoms with E-state index in [0.717, 1.165) is 34.1 Å². The predicted molar refractivity (Wildman–Crippen MR) is 64.8 cm³/mol. The normalized spacial score (nSPS) is 11.6. The molecule has 0 saturated carbocycles. The molecule has 0 unspecified atom stereocenters. The Balaban J connectivity index is 2.28. The lowest BCUT2D eigenvalue weighted by Gasteiger charge is -1.93. The van der Waals surface area contributed by atoms with Crippen LogP contribution in [0.25, 0.3) is 16.8 Å². The van der Waals surface area contributed by atoms with Gasteiger partial charge in [0.1, 0.15) is 0 Å². The minimum absolute atomic E-state index is 0.727. The van der Waals surface area contributed by atoms with Gasteiger partial charge in [-0.15, -0.1) is 0 Å². The van der Waals surface area contributed by atoms with Gasteiger partial charge in [0.05, 0.1) is 11.0 Å². The first-order valence-electron chi connectivity index (χ1n) is 5.08. The van der Waals surface area contributed by atoms with Crippen molar-refractivity contribution >= 4 is 28.4 Å². The van der Waals surface area contributed by atoms with Crippen molar-refractivity contribution in [3.8, 4) is 0 Å². The molecule has 0 amide bonds. The summed E-state index contributed by atoms with van der Waals surface area (Å²) in [5, 5.41) is 3.82. The fourth-order valence-corrected chi connectivity index (χ4v) is 2.06. The van der Waals surface area contributed by atoms with Gasteiger partial charge in [0, 0.05) is 23.5 Å². The number of imidazole rings is 2. The smallest absolute Gasteiger partial charge is 0.212 e. The average Bonchev–Trinajstić information content (AvgIpc) is 2.76. The first kappa shape index (κ1) is 9.69. The van der Waals surface area contributed by atoms with Gasteiger partial charge in [-0.1, -0.05) is 11.6 Å². The van der Waals surface area contributed by atoms with Crippen molar-refractivity contribution < 1.29 is 0 Å². The summed E-state index contributed by atoms with van der Waals surface area (Å²) in [5.74, 6) is 0.850. The lowest BCUT2D eigenvalue weighted by molar-refractivity contribution is 0.797. The summed E-state index contributed by atoms with van der Waals surface area (Å²) < 4.78 is 2.02. The molecule has 2 N–H and O–H groups in total. The molecule has 0 bridgehead atoms. The molecule has 0 radical (unpaired) electrons. The molecule has 0 aliphatic carbocycles. The Morgan fingerprint density at radius 2 is 2.38 bits per heavy atom. The van der Waals surface area contributed by atoms with E-state index >= 15 is 0 Å². The van der Waals surface area contributed by atoms with Crippen LogP contribution in [0.1, 0.15) is 5.69 Å². The Hall–Kier alpha value is -1.52. The molecule has 0 aliphatic rings. The van der Waals surface area contributed by atoms with Crippen LogP contribution in [0.15, 0.2) is 24.4 Å².